The number of carbonyl (C=O) groups excluding carboxylic acids is 1. The highest BCUT2D eigenvalue weighted by molar-refractivity contribution is 14.0. The van der Waals surface area contributed by atoms with E-state index in [1.807, 2.05) is 19.2 Å². The third-order valence-electron chi connectivity index (χ3n) is 3.27. The number of carbonyl (C=O) groups is 1. The highest BCUT2D eigenvalue weighted by atomic mass is 127. The number of nitrogens with one attached hydrogen (secondary N) is 2. The molecule has 0 spiro atoms. The van der Waals surface area contributed by atoms with Crippen LogP contribution in [0.15, 0.2) is 20.9 Å². The van der Waals surface area contributed by atoms with Gasteiger partial charge in [0.05, 0.1) is 24.9 Å². The molecule has 1 unspecified atom stereocenters. The van der Waals surface area contributed by atoms with Crippen molar-refractivity contribution in [3.8, 4) is 0 Å². The Bertz CT molecular complexity index is 763. The number of nitrogens with zero attached hydrogens (tertiary/aromatic N) is 2. The summed E-state index contributed by atoms with van der Waals surface area (Å²) in [5, 5.41) is 9.45. The quantitative estimate of drug-likeness (QED) is 0.231. The predicted octanol–water partition coefficient (Wildman–Crippen LogP) is 4.50. The highest BCUT2D eigenvalue weighted by Gasteiger charge is 2.20. The lowest BCUT2D eigenvalue weighted by molar-refractivity contribution is 0.0531. The van der Waals surface area contributed by atoms with Crippen molar-refractivity contribution >= 4 is 74.5 Å². The van der Waals surface area contributed by atoms with Gasteiger partial charge >= 0.3 is 5.97 Å². The zero-order valence-electron chi connectivity index (χ0n) is 15.0. The Labute approximate surface area is 187 Å². The van der Waals surface area contributed by atoms with Crippen LogP contribution in [0.4, 0.5) is 0 Å². The minimum atomic E-state index is -0.318. The summed E-state index contributed by atoms with van der Waals surface area (Å²) in [6.45, 7) is 6.64. The van der Waals surface area contributed by atoms with Crippen LogP contribution < -0.4 is 10.6 Å². The maximum Gasteiger partial charge on any atom is 0.350 e. The summed E-state index contributed by atoms with van der Waals surface area (Å²) in [4.78, 5) is 22.4. The monoisotopic (exact) mass is 572 g/mol. The Morgan fingerprint density at radius 1 is 1.50 bits per heavy atom. The molecule has 0 aromatic carbocycles. The number of aryl methyl sites for hydroxylation is 1. The molecule has 0 aliphatic heterocycles. The van der Waals surface area contributed by atoms with Gasteiger partial charge in [0.2, 0.25) is 0 Å². The van der Waals surface area contributed by atoms with E-state index in [-0.39, 0.29) is 36.0 Å². The van der Waals surface area contributed by atoms with Crippen molar-refractivity contribution in [2.75, 3.05) is 13.7 Å². The molecular weight excluding hydrogens is 551 g/mol. The van der Waals surface area contributed by atoms with Gasteiger partial charge in [-0.15, -0.1) is 46.7 Å². The number of aromatic nitrogens is 1. The molecule has 0 saturated heterocycles. The van der Waals surface area contributed by atoms with Gasteiger partial charge in [0.25, 0.3) is 0 Å². The number of guanidine groups is 1. The van der Waals surface area contributed by atoms with E-state index in [2.05, 4.69) is 42.6 Å². The van der Waals surface area contributed by atoms with Gasteiger partial charge in [-0.05, 0) is 42.8 Å². The number of thiazole rings is 1. The SMILES string of the molecule is CCOC(=O)c1sc(C(C)NC(=NC)NCc2cc(Br)cs2)nc1C.I. The fourth-order valence-electron chi connectivity index (χ4n) is 2.07. The van der Waals surface area contributed by atoms with Gasteiger partial charge in [0, 0.05) is 21.8 Å². The Kier molecular flexibility index (Phi) is 10.0. The Hall–Kier alpha value is -0.720. The van der Waals surface area contributed by atoms with Gasteiger partial charge in [0.1, 0.15) is 9.88 Å². The normalized spacial score (nSPS) is 12.3. The van der Waals surface area contributed by atoms with Crippen molar-refractivity contribution < 1.29 is 9.53 Å². The summed E-state index contributed by atoms with van der Waals surface area (Å²) in [6, 6.07) is 2.00. The summed E-state index contributed by atoms with van der Waals surface area (Å²) in [5.74, 6) is 0.365. The van der Waals surface area contributed by atoms with Crippen LogP contribution in [0.25, 0.3) is 0 Å². The van der Waals surface area contributed by atoms with E-state index in [1.165, 1.54) is 16.2 Å². The van der Waals surface area contributed by atoms with Crippen LogP contribution in [0.3, 0.4) is 0 Å². The fourth-order valence-corrected chi connectivity index (χ4v) is 4.42. The first-order valence-electron chi connectivity index (χ1n) is 7.79. The number of rotatable bonds is 6. The Morgan fingerprint density at radius 3 is 2.81 bits per heavy atom. The summed E-state index contributed by atoms with van der Waals surface area (Å²) < 4.78 is 6.15. The van der Waals surface area contributed by atoms with Crippen LogP contribution in [-0.2, 0) is 11.3 Å². The number of hydrogen-bond donors (Lipinski definition) is 2. The number of esters is 1. The second kappa shape index (κ2) is 11.2. The molecule has 2 heterocycles. The molecule has 1 atom stereocenters. The van der Waals surface area contributed by atoms with E-state index >= 15 is 0 Å². The molecule has 2 rings (SSSR count). The average Bonchev–Trinajstić information content (AvgIpc) is 3.17. The van der Waals surface area contributed by atoms with Crippen LogP contribution in [0.1, 0.15) is 45.1 Å². The smallest absolute Gasteiger partial charge is 0.350 e. The molecular formula is C16H22BrIN4O2S2. The number of thiophene rings is 1. The minimum Gasteiger partial charge on any atom is -0.462 e. The van der Waals surface area contributed by atoms with E-state index in [4.69, 9.17) is 4.74 Å². The molecule has 2 aromatic heterocycles. The topological polar surface area (TPSA) is 75.6 Å². The molecule has 0 aliphatic carbocycles. The highest BCUT2D eigenvalue weighted by Crippen LogP contribution is 2.24. The average molecular weight is 573 g/mol. The minimum absolute atomic E-state index is 0. The van der Waals surface area contributed by atoms with Crippen molar-refractivity contribution in [1.29, 1.82) is 0 Å². The maximum atomic E-state index is 11.9. The van der Waals surface area contributed by atoms with Crippen LogP contribution in [-0.4, -0.2) is 30.6 Å². The zero-order chi connectivity index (χ0) is 18.4. The van der Waals surface area contributed by atoms with Gasteiger partial charge in [0.15, 0.2) is 5.96 Å². The summed E-state index contributed by atoms with van der Waals surface area (Å²) in [5.41, 5.74) is 0.693. The van der Waals surface area contributed by atoms with E-state index in [1.54, 1.807) is 25.3 Å². The molecule has 0 radical (unpaired) electrons. The largest absolute Gasteiger partial charge is 0.462 e. The van der Waals surface area contributed by atoms with Crippen molar-refractivity contribution in [3.05, 3.63) is 36.4 Å². The predicted molar refractivity (Wildman–Crippen MR) is 122 cm³/mol. The molecule has 0 fully saturated rings. The molecule has 2 aromatic rings. The second-order valence-corrected chi connectivity index (χ2v) is 8.15. The molecule has 2 N–H and O–H groups in total. The molecule has 0 bridgehead atoms. The van der Waals surface area contributed by atoms with Gasteiger partial charge in [-0.2, -0.15) is 0 Å². The zero-order valence-corrected chi connectivity index (χ0v) is 20.5. The van der Waals surface area contributed by atoms with Crippen LogP contribution >= 0.6 is 62.6 Å². The lowest BCUT2D eigenvalue weighted by Gasteiger charge is -2.15. The van der Waals surface area contributed by atoms with Gasteiger partial charge in [-0.3, -0.25) is 4.99 Å². The van der Waals surface area contributed by atoms with Crippen molar-refractivity contribution in [3.63, 3.8) is 0 Å². The van der Waals surface area contributed by atoms with E-state index in [0.717, 1.165) is 9.48 Å². The fraction of sp³-hybridized carbons (Fsp3) is 0.438. The first-order chi connectivity index (χ1) is 11.9. The van der Waals surface area contributed by atoms with Crippen molar-refractivity contribution in [2.24, 2.45) is 4.99 Å². The number of aliphatic imine (C=N–C) groups is 1. The molecule has 6 nitrogen and oxygen atoms in total. The molecule has 0 saturated carbocycles. The lowest BCUT2D eigenvalue weighted by Crippen LogP contribution is -2.38. The molecule has 0 amide bonds. The summed E-state index contributed by atoms with van der Waals surface area (Å²) in [6.07, 6.45) is 0. The summed E-state index contributed by atoms with van der Waals surface area (Å²) in [7, 11) is 1.73. The lowest BCUT2D eigenvalue weighted by atomic mass is 10.3. The third-order valence-corrected chi connectivity index (χ3v) is 6.29. The van der Waals surface area contributed by atoms with Gasteiger partial charge in [-0.1, -0.05) is 0 Å². The Balaban J connectivity index is 0.00000338. The van der Waals surface area contributed by atoms with E-state index < -0.39 is 0 Å². The number of halogens is 2. The van der Waals surface area contributed by atoms with Crippen molar-refractivity contribution in [2.45, 2.75) is 33.4 Å². The van der Waals surface area contributed by atoms with Gasteiger partial charge < -0.3 is 15.4 Å². The van der Waals surface area contributed by atoms with E-state index in [0.29, 0.717) is 29.7 Å². The number of hydrogen-bond acceptors (Lipinski definition) is 6. The Morgan fingerprint density at radius 2 is 2.23 bits per heavy atom. The first-order valence-corrected chi connectivity index (χ1v) is 10.3. The maximum absolute atomic E-state index is 11.9. The molecule has 0 aliphatic rings. The van der Waals surface area contributed by atoms with Crippen LogP contribution in [0.2, 0.25) is 0 Å². The molecule has 26 heavy (non-hydrogen) atoms. The van der Waals surface area contributed by atoms with E-state index in [9.17, 15) is 4.79 Å². The molecule has 144 valence electrons. The second-order valence-electron chi connectivity index (χ2n) is 5.21. The first kappa shape index (κ1) is 23.3. The van der Waals surface area contributed by atoms with Gasteiger partial charge in [-0.25, -0.2) is 9.78 Å². The summed E-state index contributed by atoms with van der Waals surface area (Å²) >= 11 is 6.48. The molecule has 10 heteroatoms. The standard InChI is InChI=1S/C16H21BrN4O2S2.HI/c1-5-23-15(22)13-9(2)20-14(25-13)10(3)21-16(18-4)19-7-12-6-11(17)8-24-12;/h6,8,10H,5,7H2,1-4H3,(H2,18,19,21);1H. The van der Waals surface area contributed by atoms with Crippen LogP contribution in [0, 0.1) is 6.92 Å². The van der Waals surface area contributed by atoms with Crippen LogP contribution in [0.5, 0.6) is 0 Å². The number of ether oxygens (including phenoxy) is 1. The third kappa shape index (κ3) is 6.46. The van der Waals surface area contributed by atoms with Crippen molar-refractivity contribution in [1.82, 2.24) is 15.6 Å².